The molecule has 0 fully saturated rings. The zero-order chi connectivity index (χ0) is 30.9. The Balaban J connectivity index is 1.86. The minimum Gasteiger partial charge on any atom is -0.393 e. The first-order valence-corrected chi connectivity index (χ1v) is 13.1. The maximum atomic E-state index is 15.1. The topological polar surface area (TPSA) is 169 Å². The summed E-state index contributed by atoms with van der Waals surface area (Å²) in [5.74, 6) is -10.0. The Kier molecular flexibility index (Phi) is 10.5. The molecular formula is C28H31F2N7O5. The van der Waals surface area contributed by atoms with E-state index in [0.717, 1.165) is 10.8 Å². The van der Waals surface area contributed by atoms with E-state index in [4.69, 9.17) is 5.73 Å². The molecule has 1 aromatic carbocycles. The molecule has 2 heterocycles. The van der Waals surface area contributed by atoms with Crippen LogP contribution >= 0.6 is 0 Å². The highest BCUT2D eigenvalue weighted by Gasteiger charge is 2.50. The van der Waals surface area contributed by atoms with Crippen LogP contribution in [-0.4, -0.2) is 74.5 Å². The number of hydrogen-bond acceptors (Lipinski definition) is 8. The van der Waals surface area contributed by atoms with E-state index in [-0.39, 0.29) is 17.9 Å². The van der Waals surface area contributed by atoms with Gasteiger partial charge >= 0.3 is 5.92 Å². The van der Waals surface area contributed by atoms with Crippen LogP contribution in [0.15, 0.2) is 65.8 Å². The number of alkyl halides is 2. The molecule has 12 nitrogen and oxygen atoms in total. The van der Waals surface area contributed by atoms with Crippen molar-refractivity contribution in [1.82, 2.24) is 30.1 Å². The van der Waals surface area contributed by atoms with Crippen molar-refractivity contribution in [3.63, 3.8) is 0 Å². The Bertz CT molecular complexity index is 1480. The average Bonchev–Trinajstić information content (AvgIpc) is 2.99. The first-order chi connectivity index (χ1) is 20.0. The fourth-order valence-electron chi connectivity index (χ4n) is 4.11. The summed E-state index contributed by atoms with van der Waals surface area (Å²) in [6.45, 7) is 2.52. The molecule has 0 radical (unpaired) electrons. The van der Waals surface area contributed by atoms with Gasteiger partial charge in [0.25, 0.3) is 11.5 Å². The summed E-state index contributed by atoms with van der Waals surface area (Å²) < 4.78 is 31.2. The standard InChI is InChI=1S/C28H31F2N7O5/c1-3-36(4-2)23(39)16-34-27(42)28(29,30)24(40)21(13-18-9-6-5-7-10-18)35-22(38)17-37-25(19-11-8-12-32-14-19)33-15-20(31)26(37)41/h5-12,14-15,21H,3-4,13,16-17,31H2,1-2H3,(H,34,42)(H,35,38). The number of carbonyl (C=O) groups is 4. The first kappa shape index (κ1) is 31.5. The summed E-state index contributed by atoms with van der Waals surface area (Å²) in [7, 11) is 0. The number of halogens is 2. The van der Waals surface area contributed by atoms with Gasteiger partial charge in [-0.05, 0) is 31.5 Å². The van der Waals surface area contributed by atoms with Crippen LogP contribution in [-0.2, 0) is 32.1 Å². The minimum absolute atomic E-state index is 0.0333. The molecule has 3 amide bonds. The van der Waals surface area contributed by atoms with Crippen LogP contribution in [0.4, 0.5) is 14.5 Å². The molecule has 0 aliphatic carbocycles. The lowest BCUT2D eigenvalue weighted by Crippen LogP contribution is -2.56. The molecule has 4 N–H and O–H groups in total. The highest BCUT2D eigenvalue weighted by molar-refractivity contribution is 6.11. The zero-order valence-electron chi connectivity index (χ0n) is 23.0. The molecule has 0 saturated heterocycles. The Morgan fingerprint density at radius 3 is 2.36 bits per heavy atom. The molecule has 3 aromatic rings. The van der Waals surface area contributed by atoms with Gasteiger partial charge in [0.05, 0.1) is 18.8 Å². The van der Waals surface area contributed by atoms with Crippen LogP contribution in [0.2, 0.25) is 0 Å². The number of anilines is 1. The van der Waals surface area contributed by atoms with Gasteiger partial charge in [-0.2, -0.15) is 8.78 Å². The quantitative estimate of drug-likeness (QED) is 0.248. The van der Waals surface area contributed by atoms with E-state index in [0.29, 0.717) is 24.2 Å². The second-order valence-electron chi connectivity index (χ2n) is 9.17. The SMILES string of the molecule is CCN(CC)C(=O)CNC(=O)C(F)(F)C(=O)C(Cc1ccccc1)NC(=O)Cn1c(-c2cccnc2)ncc(N)c1=O. The molecular weight excluding hydrogens is 552 g/mol. The fraction of sp³-hybridized carbons (Fsp3) is 0.321. The molecule has 0 saturated carbocycles. The Morgan fingerprint density at radius 2 is 1.74 bits per heavy atom. The second-order valence-corrected chi connectivity index (χ2v) is 9.17. The summed E-state index contributed by atoms with van der Waals surface area (Å²) in [4.78, 5) is 72.9. The number of pyridine rings is 1. The van der Waals surface area contributed by atoms with E-state index in [9.17, 15) is 24.0 Å². The molecule has 42 heavy (non-hydrogen) atoms. The normalized spacial score (nSPS) is 11.8. The monoisotopic (exact) mass is 583 g/mol. The summed E-state index contributed by atoms with van der Waals surface area (Å²) in [6, 6.07) is 9.31. The maximum absolute atomic E-state index is 15.1. The number of rotatable bonds is 13. The second kappa shape index (κ2) is 14.1. The van der Waals surface area contributed by atoms with Gasteiger partial charge in [0, 0.05) is 37.5 Å². The molecule has 0 bridgehead atoms. The van der Waals surface area contributed by atoms with Crippen molar-refractivity contribution in [3.05, 3.63) is 77.0 Å². The van der Waals surface area contributed by atoms with Crippen LogP contribution in [0.5, 0.6) is 0 Å². The van der Waals surface area contributed by atoms with E-state index < -0.39 is 54.1 Å². The Morgan fingerprint density at radius 1 is 1.05 bits per heavy atom. The highest BCUT2D eigenvalue weighted by Crippen LogP contribution is 2.20. The van der Waals surface area contributed by atoms with E-state index in [1.807, 2.05) is 5.32 Å². The lowest BCUT2D eigenvalue weighted by Gasteiger charge is -2.24. The highest BCUT2D eigenvalue weighted by atomic mass is 19.3. The number of nitrogens with zero attached hydrogens (tertiary/aromatic N) is 4. The molecule has 14 heteroatoms. The molecule has 0 aliphatic rings. The molecule has 0 aliphatic heterocycles. The third-order valence-electron chi connectivity index (χ3n) is 6.34. The van der Waals surface area contributed by atoms with Gasteiger partial charge in [-0.3, -0.25) is 33.5 Å². The number of ketones is 1. The average molecular weight is 584 g/mol. The number of likely N-dealkylation sites (N-methyl/N-ethyl adjacent to an activating group) is 1. The van der Waals surface area contributed by atoms with Gasteiger partial charge in [0.2, 0.25) is 17.6 Å². The molecule has 3 rings (SSSR count). The van der Waals surface area contributed by atoms with Gasteiger partial charge in [0.15, 0.2) is 0 Å². The van der Waals surface area contributed by atoms with Gasteiger partial charge in [-0.25, -0.2) is 4.98 Å². The molecule has 222 valence electrons. The minimum atomic E-state index is -4.59. The molecule has 0 spiro atoms. The summed E-state index contributed by atoms with van der Waals surface area (Å²) >= 11 is 0. The molecule has 1 unspecified atom stereocenters. The summed E-state index contributed by atoms with van der Waals surface area (Å²) in [5.41, 5.74) is 5.46. The van der Waals surface area contributed by atoms with Crippen LogP contribution in [0.3, 0.4) is 0 Å². The van der Waals surface area contributed by atoms with Crippen molar-refractivity contribution in [2.75, 3.05) is 25.4 Å². The molecule has 1 atom stereocenters. The molecule has 2 aromatic heterocycles. The number of benzene rings is 1. The number of nitrogens with one attached hydrogen (secondary N) is 2. The largest absolute Gasteiger partial charge is 0.393 e. The van der Waals surface area contributed by atoms with Gasteiger partial charge in [-0.1, -0.05) is 30.3 Å². The van der Waals surface area contributed by atoms with E-state index in [1.54, 1.807) is 56.3 Å². The smallest absolute Gasteiger partial charge is 0.383 e. The number of nitrogen functional groups attached to an aromatic ring is 1. The Hall–Kier alpha value is -5.01. The van der Waals surface area contributed by atoms with Crippen LogP contribution < -0.4 is 21.9 Å². The predicted octanol–water partition coefficient (Wildman–Crippen LogP) is 0.804. The number of hydrogen-bond donors (Lipinski definition) is 3. The lowest BCUT2D eigenvalue weighted by atomic mass is 9.98. The first-order valence-electron chi connectivity index (χ1n) is 13.1. The van der Waals surface area contributed by atoms with Gasteiger partial charge in [0.1, 0.15) is 18.1 Å². The third-order valence-corrected chi connectivity index (χ3v) is 6.34. The van der Waals surface area contributed by atoms with E-state index in [1.165, 1.54) is 17.3 Å². The fourth-order valence-corrected chi connectivity index (χ4v) is 4.11. The lowest BCUT2D eigenvalue weighted by molar-refractivity contribution is -0.161. The number of Topliss-reactive ketones (excluding diaryl/α,β-unsaturated/α-hetero) is 1. The third kappa shape index (κ3) is 7.59. The predicted molar refractivity (Wildman–Crippen MR) is 149 cm³/mol. The zero-order valence-corrected chi connectivity index (χ0v) is 23.0. The van der Waals surface area contributed by atoms with Crippen molar-refractivity contribution in [2.45, 2.75) is 38.8 Å². The van der Waals surface area contributed by atoms with Crippen molar-refractivity contribution in [2.24, 2.45) is 0 Å². The van der Waals surface area contributed by atoms with Crippen molar-refractivity contribution < 1.29 is 28.0 Å². The number of amides is 3. The van der Waals surface area contributed by atoms with Crippen LogP contribution in [0, 0.1) is 0 Å². The number of aromatic nitrogens is 3. The van der Waals surface area contributed by atoms with E-state index >= 15 is 8.78 Å². The van der Waals surface area contributed by atoms with E-state index in [2.05, 4.69) is 15.3 Å². The Labute approximate surface area is 239 Å². The van der Waals surface area contributed by atoms with Gasteiger partial charge < -0.3 is 21.3 Å². The van der Waals surface area contributed by atoms with Crippen molar-refractivity contribution in [1.29, 1.82) is 0 Å². The summed E-state index contributed by atoms with van der Waals surface area (Å²) in [6.07, 6.45) is 3.63. The van der Waals surface area contributed by atoms with Crippen LogP contribution in [0.1, 0.15) is 19.4 Å². The summed E-state index contributed by atoms with van der Waals surface area (Å²) in [5, 5.41) is 4.05. The van der Waals surface area contributed by atoms with Gasteiger partial charge in [-0.15, -0.1) is 0 Å². The van der Waals surface area contributed by atoms with Crippen molar-refractivity contribution >= 4 is 29.2 Å². The maximum Gasteiger partial charge on any atom is 0.383 e. The van der Waals surface area contributed by atoms with Crippen molar-refractivity contribution in [3.8, 4) is 11.4 Å². The number of carbonyl (C=O) groups excluding carboxylic acids is 4. The number of nitrogens with two attached hydrogens (primary N) is 1. The van der Waals surface area contributed by atoms with Crippen LogP contribution in [0.25, 0.3) is 11.4 Å².